The summed E-state index contributed by atoms with van der Waals surface area (Å²) in [5.41, 5.74) is 0.504. The molecule has 1 heterocycles. The number of nitrogens with zero attached hydrogens (tertiary/aromatic N) is 1. The highest BCUT2D eigenvalue weighted by Crippen LogP contribution is 2.34. The van der Waals surface area contributed by atoms with Crippen molar-refractivity contribution >= 4 is 17.6 Å². The number of amides is 2. The maximum absolute atomic E-state index is 12.3. The lowest BCUT2D eigenvalue weighted by atomic mass is 9.85. The number of para-hydroxylation sites is 1. The quantitative estimate of drug-likeness (QED) is 0.475. The third-order valence-corrected chi connectivity index (χ3v) is 4.44. The van der Waals surface area contributed by atoms with E-state index in [1.807, 2.05) is 12.2 Å². The predicted molar refractivity (Wildman–Crippen MR) is 84.0 cm³/mol. The highest BCUT2D eigenvalue weighted by atomic mass is 16.5. The van der Waals surface area contributed by atoms with Gasteiger partial charge >= 0.3 is 0 Å². The molecule has 1 aliphatic carbocycles. The van der Waals surface area contributed by atoms with Gasteiger partial charge in [0.2, 0.25) is 11.8 Å². The first-order chi connectivity index (χ1) is 11.1. The lowest BCUT2D eigenvalue weighted by molar-refractivity contribution is -0.140. The van der Waals surface area contributed by atoms with Crippen molar-refractivity contribution in [3.05, 3.63) is 42.0 Å². The summed E-state index contributed by atoms with van der Waals surface area (Å²) in [7, 11) is 0. The highest BCUT2D eigenvalue weighted by Gasteiger charge is 2.46. The average Bonchev–Trinajstić information content (AvgIpc) is 2.80. The van der Waals surface area contributed by atoms with Crippen LogP contribution in [0.15, 0.2) is 36.4 Å². The lowest BCUT2D eigenvalue weighted by Gasteiger charge is -2.16. The summed E-state index contributed by atoms with van der Waals surface area (Å²) in [5.74, 6) is -0.223. The predicted octanol–water partition coefficient (Wildman–Crippen LogP) is 2.22. The summed E-state index contributed by atoms with van der Waals surface area (Å²) in [6.07, 6.45) is 5.21. The number of hydrogen-bond donors (Lipinski definition) is 0. The molecule has 5 heteroatoms. The van der Waals surface area contributed by atoms with Gasteiger partial charge in [-0.25, -0.2) is 0 Å². The normalized spacial score (nSPS) is 23.1. The molecule has 1 aromatic carbocycles. The van der Waals surface area contributed by atoms with Crippen LogP contribution in [0.25, 0.3) is 0 Å². The number of rotatable bonds is 5. The smallest absolute Gasteiger partial charge is 0.233 e. The second kappa shape index (κ2) is 6.36. The van der Waals surface area contributed by atoms with Crippen LogP contribution in [0.3, 0.4) is 0 Å². The minimum Gasteiger partial charge on any atom is -0.491 e. The molecular formula is C18H19NO4. The van der Waals surface area contributed by atoms with Crippen LogP contribution in [0.2, 0.25) is 0 Å². The summed E-state index contributed by atoms with van der Waals surface area (Å²) < 4.78 is 5.63. The molecule has 1 aromatic rings. The van der Waals surface area contributed by atoms with Gasteiger partial charge in [-0.2, -0.15) is 0 Å². The van der Waals surface area contributed by atoms with E-state index in [1.165, 1.54) is 11.8 Å². The van der Waals surface area contributed by atoms with Gasteiger partial charge in [-0.05, 0) is 31.9 Å². The Bertz CT molecular complexity index is 653. The number of ketones is 1. The van der Waals surface area contributed by atoms with Gasteiger partial charge < -0.3 is 4.74 Å². The number of carbonyl (C=O) groups excluding carboxylic acids is 3. The van der Waals surface area contributed by atoms with Gasteiger partial charge in [-0.15, -0.1) is 0 Å². The van der Waals surface area contributed by atoms with E-state index < -0.39 is 0 Å². The maximum atomic E-state index is 12.3. The minimum atomic E-state index is -0.211. The second-order valence-electron chi connectivity index (χ2n) is 5.88. The molecule has 3 rings (SSSR count). The first kappa shape index (κ1) is 15.5. The number of hydrogen-bond acceptors (Lipinski definition) is 4. The Hall–Kier alpha value is -2.43. The Balaban J connectivity index is 1.62. The zero-order valence-corrected chi connectivity index (χ0v) is 13.0. The second-order valence-corrected chi connectivity index (χ2v) is 5.88. The molecule has 0 radical (unpaired) electrons. The Morgan fingerprint density at radius 1 is 1.13 bits per heavy atom. The van der Waals surface area contributed by atoms with Crippen molar-refractivity contribution in [2.45, 2.75) is 19.8 Å². The number of Topliss-reactive ketones (excluding diaryl/α,β-unsaturated/α-hetero) is 1. The van der Waals surface area contributed by atoms with Crippen LogP contribution in [0, 0.1) is 11.8 Å². The third-order valence-electron chi connectivity index (χ3n) is 4.44. The van der Waals surface area contributed by atoms with Crippen molar-refractivity contribution in [3.63, 3.8) is 0 Å². The number of benzene rings is 1. The fourth-order valence-electron chi connectivity index (χ4n) is 3.22. The summed E-state index contributed by atoms with van der Waals surface area (Å²) in [6.45, 7) is 1.89. The first-order valence-electron chi connectivity index (χ1n) is 7.82. The van der Waals surface area contributed by atoms with E-state index in [2.05, 4.69) is 0 Å². The monoisotopic (exact) mass is 313 g/mol. The molecule has 1 saturated heterocycles. The van der Waals surface area contributed by atoms with E-state index >= 15 is 0 Å². The fraction of sp³-hybridized carbons (Fsp3) is 0.389. The molecule has 0 bridgehead atoms. The Kier molecular flexibility index (Phi) is 4.28. The topological polar surface area (TPSA) is 63.7 Å². The number of ether oxygens (including phenoxy) is 1. The third kappa shape index (κ3) is 2.91. The molecule has 0 spiro atoms. The Morgan fingerprint density at radius 2 is 1.74 bits per heavy atom. The van der Waals surface area contributed by atoms with Crippen LogP contribution in [0.5, 0.6) is 5.75 Å². The van der Waals surface area contributed by atoms with Crippen LogP contribution >= 0.6 is 0 Å². The van der Waals surface area contributed by atoms with Gasteiger partial charge in [0, 0.05) is 0 Å². The standard InChI is InChI=1S/C18H19NO4/c1-12(20)13-6-4-5-9-16(13)23-11-10-19-17(21)14-7-2-3-8-15(14)18(19)22/h2-6,9,14-15H,7-8,10-11H2,1H3/t14-,15-/m1/s1. The van der Waals surface area contributed by atoms with Crippen molar-refractivity contribution in [2.24, 2.45) is 11.8 Å². The molecule has 120 valence electrons. The number of allylic oxidation sites excluding steroid dienone is 2. The summed E-state index contributed by atoms with van der Waals surface area (Å²) in [6, 6.07) is 6.97. The number of fused-ring (bicyclic) bond motifs is 1. The molecule has 2 atom stereocenters. The molecule has 23 heavy (non-hydrogen) atoms. The van der Waals surface area contributed by atoms with Crippen LogP contribution in [-0.2, 0) is 9.59 Å². The van der Waals surface area contributed by atoms with Crippen LogP contribution in [0.4, 0.5) is 0 Å². The molecule has 0 aromatic heterocycles. The number of imide groups is 1. The van der Waals surface area contributed by atoms with Crippen molar-refractivity contribution in [3.8, 4) is 5.75 Å². The van der Waals surface area contributed by atoms with Crippen molar-refractivity contribution in [2.75, 3.05) is 13.2 Å². The number of likely N-dealkylation sites (tertiary alicyclic amines) is 1. The average molecular weight is 313 g/mol. The van der Waals surface area contributed by atoms with Crippen LogP contribution in [0.1, 0.15) is 30.1 Å². The van der Waals surface area contributed by atoms with Gasteiger partial charge in [0.15, 0.2) is 5.78 Å². The van der Waals surface area contributed by atoms with Crippen LogP contribution < -0.4 is 4.74 Å². The van der Waals surface area contributed by atoms with Gasteiger partial charge in [-0.1, -0.05) is 24.3 Å². The lowest BCUT2D eigenvalue weighted by Crippen LogP contribution is -2.34. The van der Waals surface area contributed by atoms with E-state index in [4.69, 9.17) is 4.74 Å². The maximum Gasteiger partial charge on any atom is 0.233 e. The summed E-state index contributed by atoms with van der Waals surface area (Å²) >= 11 is 0. The van der Waals surface area contributed by atoms with Crippen molar-refractivity contribution in [1.29, 1.82) is 0 Å². The minimum absolute atomic E-state index is 0.0778. The zero-order chi connectivity index (χ0) is 16.4. The van der Waals surface area contributed by atoms with Gasteiger partial charge in [0.1, 0.15) is 12.4 Å². The van der Waals surface area contributed by atoms with Crippen molar-refractivity contribution in [1.82, 2.24) is 4.90 Å². The number of carbonyl (C=O) groups is 3. The van der Waals surface area contributed by atoms with E-state index in [0.717, 1.165) is 0 Å². The largest absolute Gasteiger partial charge is 0.491 e. The van der Waals surface area contributed by atoms with Crippen molar-refractivity contribution < 1.29 is 19.1 Å². The van der Waals surface area contributed by atoms with E-state index in [-0.39, 0.29) is 42.6 Å². The van der Waals surface area contributed by atoms with E-state index in [0.29, 0.717) is 24.2 Å². The van der Waals surface area contributed by atoms with Gasteiger partial charge in [0.05, 0.1) is 23.9 Å². The molecule has 0 N–H and O–H groups in total. The van der Waals surface area contributed by atoms with Crippen LogP contribution in [-0.4, -0.2) is 35.6 Å². The van der Waals surface area contributed by atoms with E-state index in [9.17, 15) is 14.4 Å². The molecule has 2 amide bonds. The van der Waals surface area contributed by atoms with Gasteiger partial charge in [-0.3, -0.25) is 19.3 Å². The zero-order valence-electron chi connectivity index (χ0n) is 13.0. The SMILES string of the molecule is CC(=O)c1ccccc1OCCN1C(=O)[C@@H]2CC=CC[C@H]2C1=O. The summed E-state index contributed by atoms with van der Waals surface area (Å²) in [5, 5.41) is 0. The van der Waals surface area contributed by atoms with E-state index in [1.54, 1.807) is 24.3 Å². The molecule has 0 saturated carbocycles. The Morgan fingerprint density at radius 3 is 2.35 bits per heavy atom. The molecule has 1 aliphatic heterocycles. The molecule has 5 nitrogen and oxygen atoms in total. The summed E-state index contributed by atoms with van der Waals surface area (Å²) in [4.78, 5) is 37.5. The first-order valence-corrected chi connectivity index (χ1v) is 7.82. The Labute approximate surface area is 134 Å². The fourth-order valence-corrected chi connectivity index (χ4v) is 3.22. The highest BCUT2D eigenvalue weighted by molar-refractivity contribution is 6.05. The molecule has 2 aliphatic rings. The molecule has 1 fully saturated rings. The van der Waals surface area contributed by atoms with Gasteiger partial charge in [0.25, 0.3) is 0 Å². The molecule has 0 unspecified atom stereocenters. The molecular weight excluding hydrogens is 294 g/mol.